The zero-order valence-corrected chi connectivity index (χ0v) is 10.4. The molecule has 1 fully saturated rings. The van der Waals surface area contributed by atoms with Crippen LogP contribution in [0.2, 0.25) is 0 Å². The molecule has 1 aliphatic rings. The maximum atomic E-state index is 13.0. The molecule has 0 N–H and O–H groups in total. The molecule has 3 rings (SSSR count). The predicted octanol–water partition coefficient (Wildman–Crippen LogP) is 2.49. The third kappa shape index (κ3) is 3.09. The highest BCUT2D eigenvalue weighted by molar-refractivity contribution is 5.24. The second-order valence-electron chi connectivity index (χ2n) is 4.56. The van der Waals surface area contributed by atoms with E-state index in [-0.39, 0.29) is 11.9 Å². The lowest BCUT2D eigenvalue weighted by molar-refractivity contribution is 0.0433. The maximum Gasteiger partial charge on any atom is 0.124 e. The molecule has 0 bridgehead atoms. The number of likely N-dealkylation sites (tertiary alicyclic amines) is 1. The van der Waals surface area contributed by atoms with Crippen LogP contribution in [0.4, 0.5) is 4.39 Å². The number of rotatable bonds is 4. The minimum Gasteiger partial charge on any atom is -0.488 e. The molecule has 19 heavy (non-hydrogen) atoms. The Morgan fingerprint density at radius 3 is 2.74 bits per heavy atom. The maximum absolute atomic E-state index is 13.0. The molecule has 1 aromatic carbocycles. The van der Waals surface area contributed by atoms with Crippen LogP contribution in [0.3, 0.4) is 0 Å². The minimum absolute atomic E-state index is 0.187. The smallest absolute Gasteiger partial charge is 0.124 e. The number of hydrogen-bond acceptors (Lipinski definition) is 3. The van der Waals surface area contributed by atoms with E-state index < -0.39 is 0 Å². The number of benzene rings is 1. The molecule has 1 aliphatic heterocycles. The summed E-state index contributed by atoms with van der Waals surface area (Å²) >= 11 is 0. The summed E-state index contributed by atoms with van der Waals surface area (Å²) in [6, 6.07) is 10.3. The number of pyridine rings is 1. The van der Waals surface area contributed by atoms with Gasteiger partial charge < -0.3 is 4.74 Å². The van der Waals surface area contributed by atoms with Gasteiger partial charge in [0, 0.05) is 25.5 Å². The molecule has 0 amide bonds. The normalized spacial score (nSPS) is 16.1. The van der Waals surface area contributed by atoms with Crippen molar-refractivity contribution in [3.63, 3.8) is 0 Å². The third-order valence-electron chi connectivity index (χ3n) is 3.01. The fourth-order valence-corrected chi connectivity index (χ4v) is 2.06. The first-order valence-electron chi connectivity index (χ1n) is 6.21. The van der Waals surface area contributed by atoms with Crippen molar-refractivity contribution < 1.29 is 9.13 Å². The van der Waals surface area contributed by atoms with Gasteiger partial charge in [-0.2, -0.15) is 0 Å². The third-order valence-corrected chi connectivity index (χ3v) is 3.01. The number of aromatic nitrogens is 1. The molecule has 0 spiro atoms. The van der Waals surface area contributed by atoms with Gasteiger partial charge in [-0.25, -0.2) is 4.39 Å². The van der Waals surface area contributed by atoms with Crippen LogP contribution >= 0.6 is 0 Å². The zero-order chi connectivity index (χ0) is 13.1. The molecule has 2 aromatic rings. The molecule has 1 radical (unpaired) electrons. The number of ether oxygens (including phenoxy) is 1. The second-order valence-corrected chi connectivity index (χ2v) is 4.56. The van der Waals surface area contributed by atoms with E-state index in [0.29, 0.717) is 0 Å². The van der Waals surface area contributed by atoms with Crippen molar-refractivity contribution in [3.05, 3.63) is 66.7 Å². The number of hydrogen-bond donors (Lipinski definition) is 0. The highest BCUT2D eigenvalue weighted by atomic mass is 19.1. The first-order chi connectivity index (χ1) is 9.29. The SMILES string of the molecule is Fc1cccc([CH]N2CC(Oc3ccncc3)C2)c1. The average Bonchev–Trinajstić information content (AvgIpc) is 2.37. The molecule has 0 unspecified atom stereocenters. The van der Waals surface area contributed by atoms with E-state index in [2.05, 4.69) is 9.88 Å². The van der Waals surface area contributed by atoms with Gasteiger partial charge in [0.15, 0.2) is 0 Å². The van der Waals surface area contributed by atoms with Crippen molar-refractivity contribution >= 4 is 0 Å². The van der Waals surface area contributed by atoms with Crippen molar-refractivity contribution in [2.24, 2.45) is 0 Å². The van der Waals surface area contributed by atoms with Gasteiger partial charge in [-0.3, -0.25) is 9.88 Å². The van der Waals surface area contributed by atoms with Gasteiger partial charge in [-0.05, 0) is 29.8 Å². The summed E-state index contributed by atoms with van der Waals surface area (Å²) in [5, 5.41) is 0. The summed E-state index contributed by atoms with van der Waals surface area (Å²) in [6.07, 6.45) is 3.61. The molecular weight excluding hydrogens is 243 g/mol. The van der Waals surface area contributed by atoms with E-state index in [4.69, 9.17) is 4.74 Å². The first-order valence-corrected chi connectivity index (χ1v) is 6.21. The highest BCUT2D eigenvalue weighted by Crippen LogP contribution is 2.20. The summed E-state index contributed by atoms with van der Waals surface area (Å²) in [7, 11) is 0. The van der Waals surface area contributed by atoms with E-state index in [1.54, 1.807) is 18.5 Å². The lowest BCUT2D eigenvalue weighted by Crippen LogP contribution is -2.52. The number of halogens is 1. The van der Waals surface area contributed by atoms with Crippen LogP contribution in [0.15, 0.2) is 48.8 Å². The zero-order valence-electron chi connectivity index (χ0n) is 10.4. The Morgan fingerprint density at radius 2 is 2.00 bits per heavy atom. The van der Waals surface area contributed by atoms with E-state index in [0.717, 1.165) is 24.4 Å². The van der Waals surface area contributed by atoms with Crippen molar-refractivity contribution in [2.75, 3.05) is 13.1 Å². The Bertz CT molecular complexity index is 541. The molecule has 1 aromatic heterocycles. The van der Waals surface area contributed by atoms with Crippen LogP contribution in [-0.2, 0) is 0 Å². The Morgan fingerprint density at radius 1 is 1.21 bits per heavy atom. The standard InChI is InChI=1S/C15H14FN2O/c16-13-3-1-2-12(8-13)9-18-10-15(11-18)19-14-4-6-17-7-5-14/h1-9,15H,10-11H2. The minimum atomic E-state index is -0.209. The molecule has 4 heteroatoms. The lowest BCUT2D eigenvalue weighted by atomic mass is 10.1. The quantitative estimate of drug-likeness (QED) is 0.841. The van der Waals surface area contributed by atoms with E-state index in [1.165, 1.54) is 12.1 Å². The van der Waals surface area contributed by atoms with Crippen LogP contribution in [0.25, 0.3) is 0 Å². The molecule has 1 saturated heterocycles. The molecule has 0 aliphatic carbocycles. The fraction of sp³-hybridized carbons (Fsp3) is 0.200. The lowest BCUT2D eigenvalue weighted by Gasteiger charge is -2.38. The van der Waals surface area contributed by atoms with Gasteiger partial charge >= 0.3 is 0 Å². The molecule has 0 atom stereocenters. The monoisotopic (exact) mass is 257 g/mol. The van der Waals surface area contributed by atoms with Gasteiger partial charge in [0.2, 0.25) is 0 Å². The van der Waals surface area contributed by atoms with Crippen molar-refractivity contribution in [1.82, 2.24) is 9.88 Å². The van der Waals surface area contributed by atoms with Gasteiger partial charge in [0.05, 0.1) is 6.54 Å². The molecule has 0 saturated carbocycles. The Kier molecular flexibility index (Phi) is 3.42. The van der Waals surface area contributed by atoms with E-state index in [9.17, 15) is 4.39 Å². The summed E-state index contributed by atoms with van der Waals surface area (Å²) in [6.45, 7) is 3.59. The summed E-state index contributed by atoms with van der Waals surface area (Å²) in [4.78, 5) is 6.06. The van der Waals surface area contributed by atoms with Gasteiger partial charge in [0.1, 0.15) is 17.7 Å². The van der Waals surface area contributed by atoms with Crippen LogP contribution in [0, 0.1) is 12.4 Å². The molecule has 97 valence electrons. The molecule has 2 heterocycles. The van der Waals surface area contributed by atoms with Crippen molar-refractivity contribution in [1.29, 1.82) is 0 Å². The highest BCUT2D eigenvalue weighted by Gasteiger charge is 2.28. The summed E-state index contributed by atoms with van der Waals surface area (Å²) < 4.78 is 18.8. The topological polar surface area (TPSA) is 25.4 Å². The Balaban J connectivity index is 1.48. The van der Waals surface area contributed by atoms with Crippen LogP contribution in [0.1, 0.15) is 5.56 Å². The van der Waals surface area contributed by atoms with Crippen molar-refractivity contribution in [2.45, 2.75) is 6.10 Å². The average molecular weight is 257 g/mol. The van der Waals surface area contributed by atoms with Gasteiger partial charge in [-0.15, -0.1) is 0 Å². The van der Waals surface area contributed by atoms with Crippen LogP contribution in [-0.4, -0.2) is 29.1 Å². The predicted molar refractivity (Wildman–Crippen MR) is 70.0 cm³/mol. The second kappa shape index (κ2) is 5.36. The Hall–Kier alpha value is -1.94. The fourth-order valence-electron chi connectivity index (χ4n) is 2.06. The van der Waals surface area contributed by atoms with Gasteiger partial charge in [-0.1, -0.05) is 12.1 Å². The van der Waals surface area contributed by atoms with Crippen LogP contribution < -0.4 is 4.74 Å². The van der Waals surface area contributed by atoms with Crippen LogP contribution in [0.5, 0.6) is 5.75 Å². The van der Waals surface area contributed by atoms with Crippen molar-refractivity contribution in [3.8, 4) is 5.75 Å². The first kappa shape index (κ1) is 12.1. The largest absolute Gasteiger partial charge is 0.488 e. The van der Waals surface area contributed by atoms with E-state index in [1.807, 2.05) is 24.7 Å². The number of nitrogens with zero attached hydrogens (tertiary/aromatic N) is 2. The molecule has 3 nitrogen and oxygen atoms in total. The molecular formula is C15H14FN2O. The van der Waals surface area contributed by atoms with Gasteiger partial charge in [0.25, 0.3) is 0 Å². The summed E-state index contributed by atoms with van der Waals surface area (Å²) in [5.74, 6) is 0.629. The Labute approximate surface area is 111 Å². The van der Waals surface area contributed by atoms with E-state index >= 15 is 0 Å². The summed E-state index contributed by atoms with van der Waals surface area (Å²) in [5.41, 5.74) is 0.877.